The van der Waals surface area contributed by atoms with Gasteiger partial charge < -0.3 is 14.8 Å². The number of ether oxygens (including phenoxy) is 2. The van der Waals surface area contributed by atoms with Gasteiger partial charge in [0.2, 0.25) is 0 Å². The lowest BCUT2D eigenvalue weighted by atomic mass is 10.1. The highest BCUT2D eigenvalue weighted by molar-refractivity contribution is 5.58. The van der Waals surface area contributed by atoms with Crippen molar-refractivity contribution >= 4 is 6.08 Å². The zero-order chi connectivity index (χ0) is 15.5. The fraction of sp³-hybridized carbons (Fsp3) is 0.444. The molecule has 0 saturated heterocycles. The second kappa shape index (κ2) is 10.1. The van der Waals surface area contributed by atoms with Gasteiger partial charge in [0.25, 0.3) is 0 Å². The summed E-state index contributed by atoms with van der Waals surface area (Å²) >= 11 is 0. The van der Waals surface area contributed by atoms with Crippen molar-refractivity contribution in [3.8, 4) is 11.5 Å². The maximum Gasteiger partial charge on any atom is 0.161 e. The van der Waals surface area contributed by atoms with Gasteiger partial charge in [-0.05, 0) is 37.1 Å². The van der Waals surface area contributed by atoms with E-state index < -0.39 is 0 Å². The lowest BCUT2D eigenvalue weighted by Gasteiger charge is -2.11. The minimum absolute atomic E-state index is 0.479. The van der Waals surface area contributed by atoms with Crippen molar-refractivity contribution in [2.24, 2.45) is 0 Å². The summed E-state index contributed by atoms with van der Waals surface area (Å²) in [4.78, 5) is 0. The third-order valence-electron chi connectivity index (χ3n) is 3.15. The summed E-state index contributed by atoms with van der Waals surface area (Å²) in [5.74, 6) is 1.50. The molecule has 0 spiro atoms. The molecule has 0 amide bonds. The summed E-state index contributed by atoms with van der Waals surface area (Å²) < 4.78 is 11.0. The van der Waals surface area contributed by atoms with E-state index in [1.165, 1.54) is 5.57 Å². The molecule has 0 aliphatic heterocycles. The van der Waals surface area contributed by atoms with E-state index in [0.29, 0.717) is 6.61 Å². The van der Waals surface area contributed by atoms with Crippen LogP contribution in [0.15, 0.2) is 36.4 Å². The lowest BCUT2D eigenvalue weighted by Crippen LogP contribution is -2.17. The molecule has 21 heavy (non-hydrogen) atoms. The van der Waals surface area contributed by atoms with Gasteiger partial charge in [-0.2, -0.15) is 0 Å². The van der Waals surface area contributed by atoms with Crippen LogP contribution in [0.3, 0.4) is 0 Å². The van der Waals surface area contributed by atoms with Crippen LogP contribution in [0, 0.1) is 0 Å². The predicted molar refractivity (Wildman–Crippen MR) is 90.1 cm³/mol. The maximum absolute atomic E-state index is 5.57. The molecule has 0 fully saturated rings. The van der Waals surface area contributed by atoms with E-state index in [1.807, 2.05) is 12.1 Å². The van der Waals surface area contributed by atoms with Gasteiger partial charge >= 0.3 is 0 Å². The minimum Gasteiger partial charge on any atom is -0.493 e. The van der Waals surface area contributed by atoms with Gasteiger partial charge in [-0.1, -0.05) is 44.2 Å². The first-order valence-electron chi connectivity index (χ1n) is 7.57. The fourth-order valence-electron chi connectivity index (χ4n) is 1.98. The average molecular weight is 289 g/mol. The first-order chi connectivity index (χ1) is 10.2. The summed E-state index contributed by atoms with van der Waals surface area (Å²) in [6.45, 7) is 10.5. The van der Waals surface area contributed by atoms with Crippen molar-refractivity contribution in [3.63, 3.8) is 0 Å². The van der Waals surface area contributed by atoms with Crippen molar-refractivity contribution in [1.82, 2.24) is 5.32 Å². The van der Waals surface area contributed by atoms with E-state index >= 15 is 0 Å². The van der Waals surface area contributed by atoms with Gasteiger partial charge in [-0.3, -0.25) is 0 Å². The molecule has 1 N–H and O–H groups in total. The van der Waals surface area contributed by atoms with Gasteiger partial charge in [-0.15, -0.1) is 0 Å². The van der Waals surface area contributed by atoms with Crippen LogP contribution in [0.1, 0.15) is 32.3 Å². The van der Waals surface area contributed by atoms with Crippen LogP contribution in [0.4, 0.5) is 0 Å². The number of nitrogens with one attached hydrogen (secondary N) is 1. The molecule has 0 saturated carbocycles. The number of hydrogen-bond acceptors (Lipinski definition) is 3. The van der Waals surface area contributed by atoms with E-state index in [2.05, 4.69) is 37.9 Å². The van der Waals surface area contributed by atoms with Crippen molar-refractivity contribution in [2.45, 2.75) is 26.7 Å². The molecule has 0 bridgehead atoms. The predicted octanol–water partition coefficient (Wildman–Crippen LogP) is 4.05. The quantitative estimate of drug-likeness (QED) is 0.520. The molecule has 1 rings (SSSR count). The molecule has 0 aliphatic rings. The Bertz CT molecular complexity index is 466. The summed E-state index contributed by atoms with van der Waals surface area (Å²) in [6.07, 6.45) is 6.12. The van der Waals surface area contributed by atoms with Crippen LogP contribution in [-0.4, -0.2) is 26.8 Å². The summed E-state index contributed by atoms with van der Waals surface area (Å²) in [5, 5.41) is 3.44. The molecule has 0 unspecified atom stereocenters. The monoisotopic (exact) mass is 289 g/mol. The Balaban J connectivity index is 2.83. The van der Waals surface area contributed by atoms with Gasteiger partial charge in [0.1, 0.15) is 6.61 Å². The van der Waals surface area contributed by atoms with Crippen molar-refractivity contribution < 1.29 is 9.47 Å². The standard InChI is InChI=1S/C18H27NO2/c1-5-10-19-14-15(7-3)12-16-8-9-17(21-11-6-2)18(13-16)20-4/h6,8-9,12-13,19H,2,5,7,10-11,14H2,1,3-4H3. The van der Waals surface area contributed by atoms with Crippen molar-refractivity contribution in [3.05, 3.63) is 42.0 Å². The van der Waals surface area contributed by atoms with Crippen LogP contribution in [-0.2, 0) is 0 Å². The topological polar surface area (TPSA) is 30.5 Å². The van der Waals surface area contributed by atoms with Crippen molar-refractivity contribution in [2.75, 3.05) is 26.8 Å². The van der Waals surface area contributed by atoms with Crippen molar-refractivity contribution in [1.29, 1.82) is 0 Å². The largest absolute Gasteiger partial charge is 0.493 e. The summed E-state index contributed by atoms with van der Waals surface area (Å²) in [6, 6.07) is 6.01. The Morgan fingerprint density at radius 3 is 2.71 bits per heavy atom. The van der Waals surface area contributed by atoms with Gasteiger partial charge in [0, 0.05) is 6.54 Å². The van der Waals surface area contributed by atoms with Crippen LogP contribution < -0.4 is 14.8 Å². The molecule has 0 heterocycles. The zero-order valence-corrected chi connectivity index (χ0v) is 13.4. The van der Waals surface area contributed by atoms with Crippen LogP contribution in [0.25, 0.3) is 6.08 Å². The highest BCUT2D eigenvalue weighted by atomic mass is 16.5. The third kappa shape index (κ3) is 6.05. The minimum atomic E-state index is 0.479. The highest BCUT2D eigenvalue weighted by Crippen LogP contribution is 2.29. The normalized spacial score (nSPS) is 11.3. The molecular weight excluding hydrogens is 262 g/mol. The second-order valence-electron chi connectivity index (χ2n) is 4.84. The first kappa shape index (κ1) is 17.3. The number of methoxy groups -OCH3 is 1. The Labute approximate surface area is 128 Å². The number of benzene rings is 1. The molecule has 0 aromatic heterocycles. The van der Waals surface area contributed by atoms with E-state index in [1.54, 1.807) is 13.2 Å². The van der Waals surface area contributed by atoms with Crippen LogP contribution in [0.2, 0.25) is 0 Å². The first-order valence-corrected chi connectivity index (χ1v) is 7.57. The highest BCUT2D eigenvalue weighted by Gasteiger charge is 2.05. The molecule has 1 aromatic carbocycles. The number of hydrogen-bond donors (Lipinski definition) is 1. The number of rotatable bonds is 10. The Morgan fingerprint density at radius 2 is 2.10 bits per heavy atom. The molecule has 3 nitrogen and oxygen atoms in total. The fourth-order valence-corrected chi connectivity index (χ4v) is 1.98. The molecule has 0 radical (unpaired) electrons. The van der Waals surface area contributed by atoms with Gasteiger partial charge in [0.15, 0.2) is 11.5 Å². The Kier molecular flexibility index (Phi) is 8.29. The lowest BCUT2D eigenvalue weighted by molar-refractivity contribution is 0.326. The average Bonchev–Trinajstić information content (AvgIpc) is 2.52. The van der Waals surface area contributed by atoms with Crippen LogP contribution >= 0.6 is 0 Å². The smallest absolute Gasteiger partial charge is 0.161 e. The molecule has 116 valence electrons. The van der Waals surface area contributed by atoms with E-state index in [0.717, 1.165) is 43.0 Å². The molecule has 0 atom stereocenters. The Morgan fingerprint density at radius 1 is 1.29 bits per heavy atom. The molecule has 0 aliphatic carbocycles. The van der Waals surface area contributed by atoms with E-state index in [-0.39, 0.29) is 0 Å². The van der Waals surface area contributed by atoms with E-state index in [4.69, 9.17) is 9.47 Å². The summed E-state index contributed by atoms with van der Waals surface area (Å²) in [7, 11) is 1.66. The molecule has 3 heteroatoms. The second-order valence-corrected chi connectivity index (χ2v) is 4.84. The maximum atomic E-state index is 5.57. The molecular formula is C18H27NO2. The van der Waals surface area contributed by atoms with Gasteiger partial charge in [0.05, 0.1) is 7.11 Å². The summed E-state index contributed by atoms with van der Waals surface area (Å²) in [5.41, 5.74) is 2.51. The Hall–Kier alpha value is -1.74. The van der Waals surface area contributed by atoms with E-state index in [9.17, 15) is 0 Å². The van der Waals surface area contributed by atoms with Gasteiger partial charge in [-0.25, -0.2) is 0 Å². The SMILES string of the molecule is C=CCOc1ccc(C=C(CC)CNCCC)cc1OC. The molecule has 1 aromatic rings. The third-order valence-corrected chi connectivity index (χ3v) is 3.15. The van der Waals surface area contributed by atoms with Crippen LogP contribution in [0.5, 0.6) is 11.5 Å². The zero-order valence-electron chi connectivity index (χ0n) is 13.4.